The summed E-state index contributed by atoms with van der Waals surface area (Å²) < 4.78 is 9.46. The lowest BCUT2D eigenvalue weighted by atomic mass is 9.94. The first-order valence-corrected chi connectivity index (χ1v) is 16.0. The molecule has 10 heteroatoms. The first-order chi connectivity index (χ1) is 23.4. The zero-order valence-electron chi connectivity index (χ0n) is 26.0. The lowest BCUT2D eigenvalue weighted by Crippen LogP contribution is -2.40. The molecule has 236 valence electrons. The summed E-state index contributed by atoms with van der Waals surface area (Å²) in [5.74, 6) is -0.231. The Morgan fingerprint density at radius 1 is 1.06 bits per heavy atom. The van der Waals surface area contributed by atoms with Crippen LogP contribution in [0.4, 0.5) is 5.69 Å². The van der Waals surface area contributed by atoms with Gasteiger partial charge in [-0.25, -0.2) is 4.99 Å². The number of aromatic nitrogens is 2. The average Bonchev–Trinajstić information content (AvgIpc) is 3.60. The number of rotatable bonds is 7. The van der Waals surface area contributed by atoms with Gasteiger partial charge in [-0.1, -0.05) is 72.0 Å². The fourth-order valence-electron chi connectivity index (χ4n) is 6.12. The number of nitrogens with zero attached hydrogens (tertiary/aromatic N) is 4. The molecule has 1 atom stereocenters. The van der Waals surface area contributed by atoms with Gasteiger partial charge in [0.25, 0.3) is 11.5 Å². The molecule has 2 aromatic heterocycles. The normalized spacial score (nSPS) is 14.4. The van der Waals surface area contributed by atoms with Gasteiger partial charge >= 0.3 is 0 Å². The number of thiazole rings is 1. The van der Waals surface area contributed by atoms with E-state index in [-0.39, 0.29) is 17.1 Å². The third-order valence-electron chi connectivity index (χ3n) is 8.40. The van der Waals surface area contributed by atoms with Crippen molar-refractivity contribution in [2.45, 2.75) is 19.5 Å². The number of carbonyl (C=O) groups excluding carboxylic acids is 1. The van der Waals surface area contributed by atoms with Crippen LogP contribution < -0.4 is 24.9 Å². The van der Waals surface area contributed by atoms with Gasteiger partial charge in [-0.05, 0) is 60.5 Å². The number of carbonyl (C=O) groups is 1. The molecule has 0 saturated heterocycles. The highest BCUT2D eigenvalue weighted by molar-refractivity contribution is 7.07. The number of ether oxygens (including phenoxy) is 1. The van der Waals surface area contributed by atoms with Crippen LogP contribution in [0, 0.1) is 11.3 Å². The van der Waals surface area contributed by atoms with Crippen molar-refractivity contribution in [3.8, 4) is 17.6 Å². The second kappa shape index (κ2) is 12.5. The number of allylic oxidation sites excluding steroid dienone is 1. The molecule has 0 saturated carbocycles. The highest BCUT2D eigenvalue weighted by Gasteiger charge is 2.33. The molecule has 6 aromatic rings. The molecule has 3 heterocycles. The number of hydrogen-bond donors (Lipinski definition) is 2. The molecule has 0 radical (unpaired) electrons. The number of nitriles is 1. The maximum absolute atomic E-state index is 14.4. The molecule has 48 heavy (non-hydrogen) atoms. The van der Waals surface area contributed by atoms with E-state index in [1.807, 2.05) is 72.9 Å². The number of anilines is 1. The molecule has 0 unspecified atom stereocenters. The van der Waals surface area contributed by atoms with Crippen molar-refractivity contribution in [1.29, 1.82) is 5.26 Å². The number of aromatic hydroxyl groups is 1. The summed E-state index contributed by atoms with van der Waals surface area (Å²) in [5, 5.41) is 23.9. The van der Waals surface area contributed by atoms with Crippen molar-refractivity contribution in [3.63, 3.8) is 0 Å². The molecule has 4 aromatic carbocycles. The van der Waals surface area contributed by atoms with E-state index in [1.165, 1.54) is 29.1 Å². The van der Waals surface area contributed by atoms with E-state index in [0.717, 1.165) is 22.0 Å². The van der Waals surface area contributed by atoms with Crippen LogP contribution in [-0.2, 0) is 11.3 Å². The summed E-state index contributed by atoms with van der Waals surface area (Å²) >= 11 is 1.25. The molecule has 1 amide bonds. The minimum Gasteiger partial charge on any atom is -0.504 e. The first kappa shape index (κ1) is 30.5. The fourth-order valence-corrected chi connectivity index (χ4v) is 7.16. The summed E-state index contributed by atoms with van der Waals surface area (Å²) in [4.78, 5) is 33.5. The molecule has 0 bridgehead atoms. The maximum Gasteiger partial charge on any atom is 0.271 e. The molecule has 0 spiro atoms. The zero-order chi connectivity index (χ0) is 33.4. The molecule has 7 rings (SSSR count). The van der Waals surface area contributed by atoms with Crippen LogP contribution in [0.1, 0.15) is 35.2 Å². The minimum absolute atomic E-state index is 0.0570. The Morgan fingerprint density at radius 2 is 1.81 bits per heavy atom. The van der Waals surface area contributed by atoms with Crippen molar-refractivity contribution in [2.24, 2.45) is 4.99 Å². The van der Waals surface area contributed by atoms with E-state index in [1.54, 1.807) is 37.3 Å². The number of amides is 1. The van der Waals surface area contributed by atoms with Gasteiger partial charge in [0.15, 0.2) is 16.3 Å². The summed E-state index contributed by atoms with van der Waals surface area (Å²) in [6.07, 6.45) is 3.85. The molecule has 0 aliphatic carbocycles. The largest absolute Gasteiger partial charge is 0.504 e. The number of nitrogens with one attached hydrogen (secondary N) is 1. The molecule has 2 N–H and O–H groups in total. The van der Waals surface area contributed by atoms with Crippen LogP contribution in [0.25, 0.3) is 17.0 Å². The summed E-state index contributed by atoms with van der Waals surface area (Å²) in [7, 11) is 1.45. The van der Waals surface area contributed by atoms with E-state index in [0.29, 0.717) is 44.0 Å². The first-order valence-electron chi connectivity index (χ1n) is 15.2. The zero-order valence-corrected chi connectivity index (χ0v) is 26.9. The second-order valence-corrected chi connectivity index (χ2v) is 12.3. The van der Waals surface area contributed by atoms with Crippen molar-refractivity contribution in [1.82, 2.24) is 9.13 Å². The lowest BCUT2D eigenvalue weighted by molar-refractivity contribution is -0.113. The van der Waals surface area contributed by atoms with Crippen LogP contribution in [0.2, 0.25) is 0 Å². The van der Waals surface area contributed by atoms with E-state index in [2.05, 4.69) is 16.0 Å². The van der Waals surface area contributed by atoms with E-state index < -0.39 is 11.9 Å². The predicted octanol–water partition coefficient (Wildman–Crippen LogP) is 5.46. The van der Waals surface area contributed by atoms with E-state index >= 15 is 0 Å². The van der Waals surface area contributed by atoms with Crippen LogP contribution >= 0.6 is 11.3 Å². The average molecular weight is 652 g/mol. The van der Waals surface area contributed by atoms with Gasteiger partial charge in [-0.15, -0.1) is 0 Å². The third-order valence-corrected chi connectivity index (χ3v) is 9.38. The monoisotopic (exact) mass is 651 g/mol. The number of phenolic OH excluding ortho intramolecular Hbond substituents is 1. The lowest BCUT2D eigenvalue weighted by Gasteiger charge is -2.25. The van der Waals surface area contributed by atoms with Crippen molar-refractivity contribution >= 4 is 39.9 Å². The fraction of sp³-hybridized carbons (Fsp3) is 0.105. The highest BCUT2D eigenvalue weighted by atomic mass is 32.1. The summed E-state index contributed by atoms with van der Waals surface area (Å²) in [5.41, 5.74) is 4.97. The number of para-hydroxylation sites is 2. The Morgan fingerprint density at radius 3 is 2.60 bits per heavy atom. The Hall–Kier alpha value is -6.18. The van der Waals surface area contributed by atoms with Gasteiger partial charge < -0.3 is 19.7 Å². The molecule has 1 aliphatic heterocycles. The molecule has 9 nitrogen and oxygen atoms in total. The van der Waals surface area contributed by atoms with Gasteiger partial charge in [0, 0.05) is 34.9 Å². The number of fused-ring (bicyclic) bond motifs is 2. The van der Waals surface area contributed by atoms with Crippen LogP contribution in [-0.4, -0.2) is 27.3 Å². The Bertz CT molecular complexity index is 2480. The van der Waals surface area contributed by atoms with Crippen LogP contribution in [0.5, 0.6) is 11.5 Å². The van der Waals surface area contributed by atoms with E-state index in [4.69, 9.17) is 9.73 Å². The third kappa shape index (κ3) is 5.46. The van der Waals surface area contributed by atoms with E-state index in [9.17, 15) is 20.0 Å². The van der Waals surface area contributed by atoms with Gasteiger partial charge in [-0.3, -0.25) is 14.2 Å². The van der Waals surface area contributed by atoms with Gasteiger partial charge in [0.2, 0.25) is 0 Å². The molecule has 0 fully saturated rings. The Balaban J connectivity index is 1.38. The van der Waals surface area contributed by atoms with Gasteiger partial charge in [0.05, 0.1) is 40.6 Å². The topological polar surface area (TPSA) is 122 Å². The quantitative estimate of drug-likeness (QED) is 0.237. The smallest absolute Gasteiger partial charge is 0.271 e. The Kier molecular flexibility index (Phi) is 7.97. The highest BCUT2D eigenvalue weighted by Crippen LogP contribution is 2.35. The SMILES string of the molecule is COc1cc([C@@H]2C(C(=O)Nc3ccccc3)=C(C)N=c3s/c(=C\c4cn(Cc5ccccc5C#N)c5ccccc45)c(=O)n32)ccc1O. The summed E-state index contributed by atoms with van der Waals surface area (Å²) in [6, 6.07) is 30.8. The maximum atomic E-state index is 14.4. The Labute approximate surface area is 279 Å². The van der Waals surface area contributed by atoms with Crippen molar-refractivity contribution in [2.75, 3.05) is 12.4 Å². The van der Waals surface area contributed by atoms with Crippen molar-refractivity contribution in [3.05, 3.63) is 156 Å². The number of benzene rings is 4. The number of hydrogen-bond acceptors (Lipinski definition) is 7. The van der Waals surface area contributed by atoms with Crippen molar-refractivity contribution < 1.29 is 14.6 Å². The number of phenols is 1. The standard InChI is InChI=1S/C38H29N5O4S/c1-23-34(36(45)41-28-12-4-3-5-13-28)35(24-16-17-31(44)32(18-24)47-2)43-37(46)33(48-38(43)40-23)19-27-22-42(30-15-9-8-14-29(27)30)21-26-11-7-6-10-25(26)20-39/h3-19,22,35,44H,21H2,1-2H3,(H,41,45)/b33-19-/t35-/m1/s1. The van der Waals surface area contributed by atoms with Crippen LogP contribution in [0.15, 0.2) is 124 Å². The van der Waals surface area contributed by atoms with Gasteiger partial charge in [-0.2, -0.15) is 5.26 Å². The van der Waals surface area contributed by atoms with Gasteiger partial charge in [0.1, 0.15) is 0 Å². The van der Waals surface area contributed by atoms with Crippen LogP contribution in [0.3, 0.4) is 0 Å². The summed E-state index contributed by atoms with van der Waals surface area (Å²) in [6.45, 7) is 2.25. The molecular weight excluding hydrogens is 623 g/mol. The second-order valence-electron chi connectivity index (χ2n) is 11.3. The molecule has 1 aliphatic rings. The minimum atomic E-state index is -0.842. The number of methoxy groups -OCH3 is 1. The molecular formula is C38H29N5O4S. The predicted molar refractivity (Wildman–Crippen MR) is 186 cm³/mol.